The first kappa shape index (κ1) is 13.8. The Bertz CT molecular complexity index is 298. The molecular weight excluding hydrogens is 224 g/mol. The quantitative estimate of drug-likeness (QED) is 0.612. The van der Waals surface area contributed by atoms with Gasteiger partial charge in [-0.05, 0) is 33.6 Å². The predicted octanol–water partition coefficient (Wildman–Crippen LogP) is 0.151. The van der Waals surface area contributed by atoms with Gasteiger partial charge >= 0.3 is 6.09 Å². The summed E-state index contributed by atoms with van der Waals surface area (Å²) in [5.74, 6) is -0.285. The molecule has 6 nitrogen and oxygen atoms in total. The second-order valence-electron chi connectivity index (χ2n) is 5.18. The Balaban J connectivity index is 2.49. The molecule has 1 heterocycles. The number of β-amino-alcohol motifs (C(OH)–C–C–N with tert-alkyl or cyclic N) is 1. The zero-order chi connectivity index (χ0) is 13.1. The molecule has 1 rings (SSSR count). The van der Waals surface area contributed by atoms with Crippen molar-refractivity contribution in [1.29, 1.82) is 0 Å². The summed E-state index contributed by atoms with van der Waals surface area (Å²) in [7, 11) is 0. The lowest BCUT2D eigenvalue weighted by Crippen LogP contribution is -2.47. The number of rotatable bonds is 1. The standard InChI is InChI=1S/C11H20N2O4/c1-11(2,3)17-10(16)13-8-5-4-7(14)6-12-9(8)15/h7-8,14H,4-6H2,1-3H3,(H,12,15)(H,13,16). The van der Waals surface area contributed by atoms with Gasteiger partial charge in [-0.3, -0.25) is 4.79 Å². The van der Waals surface area contributed by atoms with Gasteiger partial charge in [-0.1, -0.05) is 0 Å². The van der Waals surface area contributed by atoms with Crippen molar-refractivity contribution in [3.63, 3.8) is 0 Å². The van der Waals surface area contributed by atoms with Gasteiger partial charge in [-0.25, -0.2) is 4.79 Å². The zero-order valence-electron chi connectivity index (χ0n) is 10.4. The molecule has 0 aromatic carbocycles. The number of hydrogen-bond acceptors (Lipinski definition) is 4. The summed E-state index contributed by atoms with van der Waals surface area (Å²) >= 11 is 0. The molecule has 0 aromatic heterocycles. The maximum Gasteiger partial charge on any atom is 0.408 e. The zero-order valence-corrected chi connectivity index (χ0v) is 10.4. The number of carbonyl (C=O) groups is 2. The van der Waals surface area contributed by atoms with E-state index in [4.69, 9.17) is 4.74 Å². The first-order valence-electron chi connectivity index (χ1n) is 5.73. The Morgan fingerprint density at radius 1 is 1.47 bits per heavy atom. The van der Waals surface area contributed by atoms with E-state index in [1.165, 1.54) is 0 Å². The fourth-order valence-electron chi connectivity index (χ4n) is 1.52. The SMILES string of the molecule is CC(C)(C)OC(=O)NC1CCC(O)CNC1=O. The van der Waals surface area contributed by atoms with Crippen molar-refractivity contribution in [3.05, 3.63) is 0 Å². The third kappa shape index (κ3) is 5.04. The minimum absolute atomic E-state index is 0.228. The predicted molar refractivity (Wildman–Crippen MR) is 61.4 cm³/mol. The van der Waals surface area contributed by atoms with Gasteiger partial charge in [0, 0.05) is 6.54 Å². The van der Waals surface area contributed by atoms with Crippen molar-refractivity contribution in [2.24, 2.45) is 0 Å². The van der Waals surface area contributed by atoms with Crippen LogP contribution in [-0.4, -0.2) is 41.4 Å². The number of carbonyl (C=O) groups excluding carboxylic acids is 2. The summed E-state index contributed by atoms with van der Waals surface area (Å²) in [6, 6.07) is -0.637. The molecule has 17 heavy (non-hydrogen) atoms. The fraction of sp³-hybridized carbons (Fsp3) is 0.818. The molecule has 0 spiro atoms. The van der Waals surface area contributed by atoms with Crippen LogP contribution >= 0.6 is 0 Å². The van der Waals surface area contributed by atoms with Crippen molar-refractivity contribution >= 4 is 12.0 Å². The lowest BCUT2D eigenvalue weighted by atomic mass is 10.1. The summed E-state index contributed by atoms with van der Waals surface area (Å²) in [6.45, 7) is 5.49. The van der Waals surface area contributed by atoms with Crippen LogP contribution in [-0.2, 0) is 9.53 Å². The average Bonchev–Trinajstić information content (AvgIpc) is 2.30. The van der Waals surface area contributed by atoms with Crippen molar-refractivity contribution in [2.45, 2.75) is 51.4 Å². The number of nitrogens with one attached hydrogen (secondary N) is 2. The molecule has 98 valence electrons. The van der Waals surface area contributed by atoms with Gasteiger partial charge in [0.2, 0.25) is 5.91 Å². The van der Waals surface area contributed by atoms with E-state index in [9.17, 15) is 14.7 Å². The van der Waals surface area contributed by atoms with Crippen LogP contribution in [0.2, 0.25) is 0 Å². The summed E-state index contributed by atoms with van der Waals surface area (Å²) in [6.07, 6.45) is -0.288. The van der Waals surface area contributed by atoms with E-state index in [1.807, 2.05) is 0 Å². The van der Waals surface area contributed by atoms with E-state index in [1.54, 1.807) is 20.8 Å². The molecule has 1 saturated heterocycles. The van der Waals surface area contributed by atoms with E-state index >= 15 is 0 Å². The van der Waals surface area contributed by atoms with Crippen LogP contribution in [0.1, 0.15) is 33.6 Å². The van der Waals surface area contributed by atoms with Gasteiger partial charge in [-0.2, -0.15) is 0 Å². The number of amides is 2. The molecule has 0 aliphatic carbocycles. The molecule has 2 atom stereocenters. The molecule has 1 aliphatic rings. The maximum absolute atomic E-state index is 11.6. The van der Waals surface area contributed by atoms with Crippen molar-refractivity contribution in [3.8, 4) is 0 Å². The minimum atomic E-state index is -0.637. The van der Waals surface area contributed by atoms with Crippen LogP contribution in [0.15, 0.2) is 0 Å². The summed E-state index contributed by atoms with van der Waals surface area (Å²) in [4.78, 5) is 23.1. The number of ether oxygens (including phenoxy) is 1. The second-order valence-corrected chi connectivity index (χ2v) is 5.18. The van der Waals surface area contributed by atoms with Crippen LogP contribution in [0, 0.1) is 0 Å². The smallest absolute Gasteiger partial charge is 0.408 e. The van der Waals surface area contributed by atoms with Crippen molar-refractivity contribution < 1.29 is 19.4 Å². The van der Waals surface area contributed by atoms with E-state index in [0.29, 0.717) is 12.8 Å². The topological polar surface area (TPSA) is 87.7 Å². The molecule has 2 amide bonds. The van der Waals surface area contributed by atoms with Crippen LogP contribution in [0.5, 0.6) is 0 Å². The van der Waals surface area contributed by atoms with Crippen LogP contribution in [0.3, 0.4) is 0 Å². The van der Waals surface area contributed by atoms with Gasteiger partial charge < -0.3 is 20.5 Å². The highest BCUT2D eigenvalue weighted by Gasteiger charge is 2.27. The molecule has 3 N–H and O–H groups in total. The van der Waals surface area contributed by atoms with E-state index in [2.05, 4.69) is 10.6 Å². The Morgan fingerprint density at radius 3 is 2.71 bits per heavy atom. The van der Waals surface area contributed by atoms with E-state index in [0.717, 1.165) is 0 Å². The van der Waals surface area contributed by atoms with Crippen LogP contribution in [0.25, 0.3) is 0 Å². The molecule has 1 aliphatic heterocycles. The lowest BCUT2D eigenvalue weighted by Gasteiger charge is -2.22. The molecule has 0 bridgehead atoms. The number of aliphatic hydroxyl groups is 1. The van der Waals surface area contributed by atoms with Gasteiger partial charge in [0.15, 0.2) is 0 Å². The first-order chi connectivity index (χ1) is 7.78. The largest absolute Gasteiger partial charge is 0.444 e. The monoisotopic (exact) mass is 244 g/mol. The Labute approximate surface area is 101 Å². The third-order valence-corrected chi connectivity index (χ3v) is 2.31. The van der Waals surface area contributed by atoms with Crippen LogP contribution in [0.4, 0.5) is 4.79 Å². The number of alkyl carbamates (subject to hydrolysis) is 1. The van der Waals surface area contributed by atoms with Gasteiger partial charge in [0.25, 0.3) is 0 Å². The van der Waals surface area contributed by atoms with Crippen LogP contribution < -0.4 is 10.6 Å². The number of aliphatic hydroxyl groups excluding tert-OH is 1. The van der Waals surface area contributed by atoms with Crippen molar-refractivity contribution in [1.82, 2.24) is 10.6 Å². The summed E-state index contributed by atoms with van der Waals surface area (Å²) in [5.41, 5.74) is -0.592. The first-order valence-corrected chi connectivity index (χ1v) is 5.73. The molecular formula is C11H20N2O4. The Kier molecular flexibility index (Phi) is 4.34. The van der Waals surface area contributed by atoms with Crippen molar-refractivity contribution in [2.75, 3.05) is 6.54 Å². The number of hydrogen-bond donors (Lipinski definition) is 3. The Morgan fingerprint density at radius 2 is 2.12 bits per heavy atom. The van der Waals surface area contributed by atoms with Gasteiger partial charge in [-0.15, -0.1) is 0 Å². The van der Waals surface area contributed by atoms with Gasteiger partial charge in [0.1, 0.15) is 11.6 Å². The second kappa shape index (κ2) is 5.35. The minimum Gasteiger partial charge on any atom is -0.444 e. The summed E-state index contributed by atoms with van der Waals surface area (Å²) < 4.78 is 5.06. The van der Waals surface area contributed by atoms with Gasteiger partial charge in [0.05, 0.1) is 6.10 Å². The fourth-order valence-corrected chi connectivity index (χ4v) is 1.52. The normalized spacial score (nSPS) is 25.8. The average molecular weight is 244 g/mol. The highest BCUT2D eigenvalue weighted by Crippen LogP contribution is 2.09. The summed E-state index contributed by atoms with van der Waals surface area (Å²) in [5, 5.41) is 14.4. The molecule has 1 fully saturated rings. The highest BCUT2D eigenvalue weighted by atomic mass is 16.6. The Hall–Kier alpha value is -1.30. The molecule has 2 unspecified atom stereocenters. The van der Waals surface area contributed by atoms with E-state index in [-0.39, 0.29) is 12.5 Å². The molecule has 0 aromatic rings. The molecule has 0 radical (unpaired) electrons. The maximum atomic E-state index is 11.6. The highest BCUT2D eigenvalue weighted by molar-refractivity contribution is 5.85. The molecule has 6 heteroatoms. The van der Waals surface area contributed by atoms with E-state index < -0.39 is 23.8 Å². The lowest BCUT2D eigenvalue weighted by molar-refractivity contribution is -0.123. The third-order valence-electron chi connectivity index (χ3n) is 2.31. The molecule has 0 saturated carbocycles.